The molecule has 1 N–H and O–H groups in total. The van der Waals surface area contributed by atoms with Crippen molar-refractivity contribution in [1.29, 1.82) is 0 Å². The molecule has 6 nitrogen and oxygen atoms in total. The summed E-state index contributed by atoms with van der Waals surface area (Å²) in [4.78, 5) is 29.9. The van der Waals surface area contributed by atoms with Gasteiger partial charge in [0.2, 0.25) is 0 Å². The van der Waals surface area contributed by atoms with Crippen LogP contribution < -0.4 is 14.8 Å². The van der Waals surface area contributed by atoms with E-state index in [2.05, 4.69) is 10.3 Å². The maximum absolute atomic E-state index is 12.4. The number of amides is 1. The normalized spacial score (nSPS) is 15.5. The molecule has 0 bridgehead atoms. The van der Waals surface area contributed by atoms with Crippen LogP contribution in [0.4, 0.5) is 5.69 Å². The number of esters is 1. The molecule has 0 aliphatic carbocycles. The number of amidine groups is 1. The summed E-state index contributed by atoms with van der Waals surface area (Å²) >= 11 is 1.27. The van der Waals surface area contributed by atoms with Crippen LogP contribution in [0.2, 0.25) is 0 Å². The molecule has 3 aromatic carbocycles. The Kier molecular flexibility index (Phi) is 6.90. The minimum absolute atomic E-state index is 0.219. The van der Waals surface area contributed by atoms with Gasteiger partial charge in [-0.1, -0.05) is 42.0 Å². The number of rotatable bonds is 6. The van der Waals surface area contributed by atoms with Gasteiger partial charge in [0.1, 0.15) is 0 Å². The molecule has 166 valence electrons. The van der Waals surface area contributed by atoms with Crippen molar-refractivity contribution in [3.63, 3.8) is 0 Å². The molecule has 1 saturated heterocycles. The molecule has 1 fully saturated rings. The number of carbonyl (C=O) groups is 2. The molecule has 1 aliphatic heterocycles. The number of aryl methyl sites for hydroxylation is 1. The SMILES string of the molecule is CCOc1cc(/C=C2\SC(=Nc3ccc(C)cc3)NC2=O)ccc1OC(=O)c1ccccc1. The summed E-state index contributed by atoms with van der Waals surface area (Å²) in [6.45, 7) is 4.26. The first-order chi connectivity index (χ1) is 16.0. The van der Waals surface area contributed by atoms with Crippen molar-refractivity contribution in [1.82, 2.24) is 5.32 Å². The molecule has 7 heteroatoms. The Hall–Kier alpha value is -3.84. The number of hydrogen-bond donors (Lipinski definition) is 1. The number of benzene rings is 3. The predicted octanol–water partition coefficient (Wildman–Crippen LogP) is 5.50. The van der Waals surface area contributed by atoms with E-state index in [0.717, 1.165) is 16.8 Å². The highest BCUT2D eigenvalue weighted by atomic mass is 32.2. The van der Waals surface area contributed by atoms with E-state index in [0.29, 0.717) is 33.7 Å². The van der Waals surface area contributed by atoms with E-state index in [1.807, 2.05) is 44.2 Å². The van der Waals surface area contributed by atoms with Crippen molar-refractivity contribution in [2.45, 2.75) is 13.8 Å². The average Bonchev–Trinajstić information content (AvgIpc) is 3.16. The lowest BCUT2D eigenvalue weighted by Crippen LogP contribution is -2.19. The maximum Gasteiger partial charge on any atom is 0.343 e. The summed E-state index contributed by atoms with van der Waals surface area (Å²) in [5, 5.41) is 3.31. The molecule has 0 saturated carbocycles. The van der Waals surface area contributed by atoms with Gasteiger partial charge in [-0.05, 0) is 73.6 Å². The fourth-order valence-corrected chi connectivity index (χ4v) is 3.91. The van der Waals surface area contributed by atoms with Crippen molar-refractivity contribution < 1.29 is 19.1 Å². The minimum atomic E-state index is -0.467. The lowest BCUT2D eigenvalue weighted by molar-refractivity contribution is -0.115. The van der Waals surface area contributed by atoms with Crippen molar-refractivity contribution in [2.24, 2.45) is 4.99 Å². The lowest BCUT2D eigenvalue weighted by atomic mass is 10.1. The average molecular weight is 459 g/mol. The summed E-state index contributed by atoms with van der Waals surface area (Å²) in [5.74, 6) is 0.0554. The van der Waals surface area contributed by atoms with Gasteiger partial charge in [0, 0.05) is 0 Å². The minimum Gasteiger partial charge on any atom is -0.490 e. The number of hydrogen-bond acceptors (Lipinski definition) is 6. The Labute approximate surface area is 196 Å². The predicted molar refractivity (Wildman–Crippen MR) is 131 cm³/mol. The van der Waals surface area contributed by atoms with E-state index < -0.39 is 5.97 Å². The van der Waals surface area contributed by atoms with Gasteiger partial charge >= 0.3 is 5.97 Å². The summed E-state index contributed by atoms with van der Waals surface area (Å²) in [5.41, 5.74) is 3.11. The number of nitrogens with zero attached hydrogens (tertiary/aromatic N) is 1. The zero-order valence-electron chi connectivity index (χ0n) is 18.2. The van der Waals surface area contributed by atoms with Crippen LogP contribution in [0.1, 0.15) is 28.4 Å². The van der Waals surface area contributed by atoms with Gasteiger partial charge in [0.25, 0.3) is 5.91 Å². The quantitative estimate of drug-likeness (QED) is 0.300. The second-order valence-corrected chi connectivity index (χ2v) is 8.24. The monoisotopic (exact) mass is 458 g/mol. The van der Waals surface area contributed by atoms with Gasteiger partial charge in [0.15, 0.2) is 16.7 Å². The highest BCUT2D eigenvalue weighted by Crippen LogP contribution is 2.33. The Morgan fingerprint density at radius 2 is 1.79 bits per heavy atom. The van der Waals surface area contributed by atoms with Gasteiger partial charge in [-0.2, -0.15) is 0 Å². The van der Waals surface area contributed by atoms with Crippen LogP contribution in [0.3, 0.4) is 0 Å². The molecule has 0 spiro atoms. The number of nitrogens with one attached hydrogen (secondary N) is 1. The fraction of sp³-hybridized carbons (Fsp3) is 0.115. The van der Waals surface area contributed by atoms with E-state index in [1.54, 1.807) is 48.5 Å². The van der Waals surface area contributed by atoms with Crippen molar-refractivity contribution in [3.05, 3.63) is 94.4 Å². The Morgan fingerprint density at radius 1 is 1.03 bits per heavy atom. The summed E-state index contributed by atoms with van der Waals surface area (Å²) in [6, 6.07) is 21.7. The van der Waals surface area contributed by atoms with Crippen LogP contribution >= 0.6 is 11.8 Å². The van der Waals surface area contributed by atoms with E-state index in [9.17, 15) is 9.59 Å². The molecular formula is C26H22N2O4S. The molecule has 0 unspecified atom stereocenters. The van der Waals surface area contributed by atoms with E-state index in [-0.39, 0.29) is 5.91 Å². The zero-order chi connectivity index (χ0) is 23.2. The zero-order valence-corrected chi connectivity index (χ0v) is 19.0. The number of aliphatic imine (C=N–C) groups is 1. The standard InChI is InChI=1S/C26H22N2O4S/c1-3-31-22-15-18(11-14-21(22)32-25(30)19-7-5-4-6-8-19)16-23-24(29)28-26(33-23)27-20-12-9-17(2)10-13-20/h4-16H,3H2,1-2H3,(H,27,28,29)/b23-16-. The van der Waals surface area contributed by atoms with Gasteiger partial charge in [-0.25, -0.2) is 9.79 Å². The molecule has 0 aromatic heterocycles. The Balaban J connectivity index is 1.54. The van der Waals surface area contributed by atoms with Crippen molar-refractivity contribution >= 4 is 40.6 Å². The summed E-state index contributed by atoms with van der Waals surface area (Å²) in [6.07, 6.45) is 1.75. The van der Waals surface area contributed by atoms with Crippen molar-refractivity contribution in [3.8, 4) is 11.5 Å². The van der Waals surface area contributed by atoms with E-state index in [1.165, 1.54) is 11.8 Å². The molecule has 0 atom stereocenters. The largest absolute Gasteiger partial charge is 0.490 e. The molecule has 1 aliphatic rings. The van der Waals surface area contributed by atoms with Crippen LogP contribution in [-0.2, 0) is 4.79 Å². The van der Waals surface area contributed by atoms with Crippen LogP contribution in [0, 0.1) is 6.92 Å². The Bertz CT molecular complexity index is 1230. The maximum atomic E-state index is 12.4. The molecular weight excluding hydrogens is 436 g/mol. The number of ether oxygens (including phenoxy) is 2. The topological polar surface area (TPSA) is 77.0 Å². The third-order valence-electron chi connectivity index (χ3n) is 4.69. The van der Waals surface area contributed by atoms with Gasteiger partial charge in [0.05, 0.1) is 22.8 Å². The smallest absolute Gasteiger partial charge is 0.343 e. The lowest BCUT2D eigenvalue weighted by Gasteiger charge is -2.11. The Morgan fingerprint density at radius 3 is 2.52 bits per heavy atom. The van der Waals surface area contributed by atoms with Crippen LogP contribution in [0.25, 0.3) is 6.08 Å². The highest BCUT2D eigenvalue weighted by molar-refractivity contribution is 8.18. The van der Waals surface area contributed by atoms with Gasteiger partial charge in [-0.3, -0.25) is 4.79 Å². The van der Waals surface area contributed by atoms with Crippen LogP contribution in [-0.4, -0.2) is 23.7 Å². The van der Waals surface area contributed by atoms with Gasteiger partial charge in [-0.15, -0.1) is 0 Å². The van der Waals surface area contributed by atoms with Gasteiger partial charge < -0.3 is 14.8 Å². The molecule has 1 amide bonds. The summed E-state index contributed by atoms with van der Waals surface area (Å²) in [7, 11) is 0. The van der Waals surface area contributed by atoms with Crippen LogP contribution in [0.15, 0.2) is 82.7 Å². The second kappa shape index (κ2) is 10.2. The molecule has 33 heavy (non-hydrogen) atoms. The molecule has 0 radical (unpaired) electrons. The first kappa shape index (κ1) is 22.4. The first-order valence-corrected chi connectivity index (χ1v) is 11.2. The van der Waals surface area contributed by atoms with Crippen LogP contribution in [0.5, 0.6) is 11.5 Å². The molecule has 3 aromatic rings. The van der Waals surface area contributed by atoms with Crippen molar-refractivity contribution in [2.75, 3.05) is 6.61 Å². The summed E-state index contributed by atoms with van der Waals surface area (Å²) < 4.78 is 11.2. The van der Waals surface area contributed by atoms with E-state index in [4.69, 9.17) is 9.47 Å². The number of thioether (sulfide) groups is 1. The third kappa shape index (κ3) is 5.70. The first-order valence-electron chi connectivity index (χ1n) is 10.4. The molecule has 4 rings (SSSR count). The van der Waals surface area contributed by atoms with E-state index >= 15 is 0 Å². The molecule has 1 heterocycles. The fourth-order valence-electron chi connectivity index (χ4n) is 3.07. The number of carbonyl (C=O) groups excluding carboxylic acids is 2. The third-order valence-corrected chi connectivity index (χ3v) is 5.60. The highest BCUT2D eigenvalue weighted by Gasteiger charge is 2.24. The second-order valence-electron chi connectivity index (χ2n) is 7.21.